The molecule has 1 unspecified atom stereocenters. The van der Waals surface area contributed by atoms with Crippen LogP contribution < -0.4 is 0 Å². The van der Waals surface area contributed by atoms with Crippen LogP contribution in [0.2, 0.25) is 0 Å². The minimum Gasteiger partial charge on any atom is -0.285 e. The number of hydrogen-bond acceptors (Lipinski definition) is 3. The maximum Gasteiger partial charge on any atom is 0.258 e. The molecule has 1 rings (SSSR count). The summed E-state index contributed by atoms with van der Waals surface area (Å²) in [5.41, 5.74) is -0.325. The standard InChI is InChI=1S/C11H21O3P/c1-5-15(12,10-8-6-7-9-10)14-13-11(2,3)4/h5,10H,1,6-9H2,2-4H3. The van der Waals surface area contributed by atoms with E-state index in [1.165, 1.54) is 5.82 Å². The molecule has 1 aliphatic carbocycles. The molecular formula is C11H21O3P. The third-order valence-corrected chi connectivity index (χ3v) is 4.84. The summed E-state index contributed by atoms with van der Waals surface area (Å²) in [6.07, 6.45) is 4.16. The Morgan fingerprint density at radius 2 is 1.87 bits per heavy atom. The molecule has 0 radical (unpaired) electrons. The maximum absolute atomic E-state index is 12.4. The summed E-state index contributed by atoms with van der Waals surface area (Å²) in [7, 11) is -2.80. The van der Waals surface area contributed by atoms with Crippen LogP contribution >= 0.6 is 7.37 Å². The van der Waals surface area contributed by atoms with Crippen LogP contribution in [-0.2, 0) is 14.1 Å². The molecule has 0 saturated heterocycles. The van der Waals surface area contributed by atoms with Crippen LogP contribution in [0.5, 0.6) is 0 Å². The molecule has 1 saturated carbocycles. The van der Waals surface area contributed by atoms with Gasteiger partial charge in [-0.05, 0) is 39.4 Å². The average molecular weight is 232 g/mol. The third kappa shape index (κ3) is 3.75. The van der Waals surface area contributed by atoms with Gasteiger partial charge in [-0.3, -0.25) is 4.57 Å². The van der Waals surface area contributed by atoms with Crippen LogP contribution in [0.15, 0.2) is 12.4 Å². The predicted molar refractivity (Wildman–Crippen MR) is 62.0 cm³/mol. The Hall–Kier alpha value is -0.110. The highest BCUT2D eigenvalue weighted by Crippen LogP contribution is 2.58. The summed E-state index contributed by atoms with van der Waals surface area (Å²) in [6, 6.07) is 0. The Labute approximate surface area is 92.2 Å². The zero-order valence-electron chi connectivity index (χ0n) is 9.86. The summed E-state index contributed by atoms with van der Waals surface area (Å²) >= 11 is 0. The minimum absolute atomic E-state index is 0.109. The lowest BCUT2D eigenvalue weighted by Crippen LogP contribution is -2.19. The first-order valence-electron chi connectivity index (χ1n) is 5.48. The average Bonchev–Trinajstić information content (AvgIpc) is 2.66. The van der Waals surface area contributed by atoms with E-state index < -0.39 is 13.0 Å². The van der Waals surface area contributed by atoms with Gasteiger partial charge in [0.2, 0.25) is 0 Å². The van der Waals surface area contributed by atoms with Crippen molar-refractivity contribution in [3.63, 3.8) is 0 Å². The first kappa shape index (κ1) is 13.0. The lowest BCUT2D eigenvalue weighted by molar-refractivity contribution is -0.273. The molecule has 0 aromatic carbocycles. The van der Waals surface area contributed by atoms with Gasteiger partial charge in [0.15, 0.2) is 0 Å². The van der Waals surface area contributed by atoms with Gasteiger partial charge in [-0.15, -0.1) is 0 Å². The monoisotopic (exact) mass is 232 g/mol. The lowest BCUT2D eigenvalue weighted by Gasteiger charge is -2.24. The highest BCUT2D eigenvalue weighted by Gasteiger charge is 2.35. The van der Waals surface area contributed by atoms with Crippen LogP contribution in [0.4, 0.5) is 0 Å². The molecule has 88 valence electrons. The van der Waals surface area contributed by atoms with Crippen molar-refractivity contribution in [1.29, 1.82) is 0 Å². The zero-order valence-corrected chi connectivity index (χ0v) is 10.8. The van der Waals surface area contributed by atoms with E-state index >= 15 is 0 Å². The van der Waals surface area contributed by atoms with E-state index in [1.54, 1.807) is 0 Å². The lowest BCUT2D eigenvalue weighted by atomic mass is 10.2. The van der Waals surface area contributed by atoms with Crippen molar-refractivity contribution in [2.24, 2.45) is 0 Å². The summed E-state index contributed by atoms with van der Waals surface area (Å²) in [5, 5.41) is 0. The van der Waals surface area contributed by atoms with Gasteiger partial charge >= 0.3 is 0 Å². The molecule has 0 spiro atoms. The van der Waals surface area contributed by atoms with Gasteiger partial charge in [0, 0.05) is 5.66 Å². The van der Waals surface area contributed by atoms with E-state index in [9.17, 15) is 4.57 Å². The second-order valence-corrected chi connectivity index (χ2v) is 7.57. The molecule has 0 N–H and O–H groups in total. The van der Waals surface area contributed by atoms with Crippen molar-refractivity contribution in [1.82, 2.24) is 0 Å². The quantitative estimate of drug-likeness (QED) is 0.416. The second kappa shape index (κ2) is 4.82. The van der Waals surface area contributed by atoms with Crippen molar-refractivity contribution < 1.29 is 14.1 Å². The third-order valence-electron chi connectivity index (χ3n) is 2.49. The molecule has 0 amide bonds. The Morgan fingerprint density at radius 1 is 1.33 bits per heavy atom. The van der Waals surface area contributed by atoms with E-state index in [0.29, 0.717) is 0 Å². The fourth-order valence-corrected chi connectivity index (χ4v) is 3.58. The van der Waals surface area contributed by atoms with E-state index in [-0.39, 0.29) is 5.66 Å². The fourth-order valence-electron chi connectivity index (χ4n) is 1.67. The smallest absolute Gasteiger partial charge is 0.258 e. The van der Waals surface area contributed by atoms with Gasteiger partial charge in [0.05, 0.1) is 5.60 Å². The van der Waals surface area contributed by atoms with E-state index in [4.69, 9.17) is 9.56 Å². The van der Waals surface area contributed by atoms with Crippen LogP contribution in [0.25, 0.3) is 0 Å². The molecular weight excluding hydrogens is 211 g/mol. The molecule has 0 aliphatic heterocycles. The van der Waals surface area contributed by atoms with Crippen molar-refractivity contribution >= 4 is 7.37 Å². The van der Waals surface area contributed by atoms with Crippen LogP contribution in [-0.4, -0.2) is 11.3 Å². The van der Waals surface area contributed by atoms with Crippen molar-refractivity contribution in [2.45, 2.75) is 57.7 Å². The van der Waals surface area contributed by atoms with Crippen molar-refractivity contribution in [2.75, 3.05) is 0 Å². The summed E-state index contributed by atoms with van der Waals surface area (Å²) in [6.45, 7) is 9.22. The normalized spacial score (nSPS) is 22.6. The molecule has 0 aromatic heterocycles. The highest BCUT2D eigenvalue weighted by atomic mass is 31.2. The van der Waals surface area contributed by atoms with Gasteiger partial charge < -0.3 is 0 Å². The minimum atomic E-state index is -2.80. The molecule has 1 aliphatic rings. The SMILES string of the molecule is C=CP(=O)(OOC(C)(C)C)C1CCCC1. The topological polar surface area (TPSA) is 35.5 Å². The van der Waals surface area contributed by atoms with Crippen LogP contribution in [0.1, 0.15) is 46.5 Å². The van der Waals surface area contributed by atoms with Crippen LogP contribution in [0, 0.1) is 0 Å². The van der Waals surface area contributed by atoms with Gasteiger partial charge in [0.25, 0.3) is 7.37 Å². The molecule has 3 nitrogen and oxygen atoms in total. The molecule has 0 aromatic rings. The molecule has 1 fully saturated rings. The Bertz CT molecular complexity index is 261. The summed E-state index contributed by atoms with van der Waals surface area (Å²) in [4.78, 5) is 5.16. The summed E-state index contributed by atoms with van der Waals surface area (Å²) in [5.74, 6) is 1.44. The fraction of sp³-hybridized carbons (Fsp3) is 0.818. The molecule has 0 heterocycles. The Balaban J connectivity index is 2.60. The zero-order chi connectivity index (χ0) is 11.5. The summed E-state index contributed by atoms with van der Waals surface area (Å²) < 4.78 is 17.5. The maximum atomic E-state index is 12.4. The van der Waals surface area contributed by atoms with Crippen LogP contribution in [0.3, 0.4) is 0 Å². The molecule has 15 heavy (non-hydrogen) atoms. The molecule has 4 heteroatoms. The highest BCUT2D eigenvalue weighted by molar-refractivity contribution is 7.62. The van der Waals surface area contributed by atoms with Gasteiger partial charge in [-0.25, -0.2) is 4.89 Å². The van der Waals surface area contributed by atoms with Gasteiger partial charge in [-0.1, -0.05) is 19.4 Å². The number of hydrogen-bond donors (Lipinski definition) is 0. The predicted octanol–water partition coefficient (Wildman–Crippen LogP) is 4.10. The molecule has 0 bridgehead atoms. The largest absolute Gasteiger partial charge is 0.285 e. The van der Waals surface area contributed by atoms with E-state index in [0.717, 1.165) is 25.7 Å². The van der Waals surface area contributed by atoms with E-state index in [1.807, 2.05) is 20.8 Å². The molecule has 1 atom stereocenters. The van der Waals surface area contributed by atoms with Gasteiger partial charge in [0.1, 0.15) is 0 Å². The Kier molecular flexibility index (Phi) is 4.16. The first-order chi connectivity index (χ1) is 6.87. The van der Waals surface area contributed by atoms with E-state index in [2.05, 4.69) is 6.58 Å². The van der Waals surface area contributed by atoms with Crippen molar-refractivity contribution in [3.05, 3.63) is 12.4 Å². The van der Waals surface area contributed by atoms with Crippen molar-refractivity contribution in [3.8, 4) is 0 Å². The van der Waals surface area contributed by atoms with Gasteiger partial charge in [-0.2, -0.15) is 4.67 Å². The second-order valence-electron chi connectivity index (χ2n) is 5.04. The number of rotatable bonds is 4. The first-order valence-corrected chi connectivity index (χ1v) is 7.24. The Morgan fingerprint density at radius 3 is 2.27 bits per heavy atom.